The summed E-state index contributed by atoms with van der Waals surface area (Å²) in [5.74, 6) is 1.54. The highest BCUT2D eigenvalue weighted by Gasteiger charge is 2.18. The molecular weight excluding hydrogens is 318 g/mol. The van der Waals surface area contributed by atoms with Gasteiger partial charge in [-0.3, -0.25) is 4.79 Å². The lowest BCUT2D eigenvalue weighted by Crippen LogP contribution is -2.14. The summed E-state index contributed by atoms with van der Waals surface area (Å²) in [5, 5.41) is 10.3. The van der Waals surface area contributed by atoms with Gasteiger partial charge in [-0.05, 0) is 32.0 Å². The van der Waals surface area contributed by atoms with Crippen molar-refractivity contribution >= 4 is 28.3 Å². The zero-order chi connectivity index (χ0) is 16.6. The topological polar surface area (TPSA) is 80.2 Å². The molecule has 0 bridgehead atoms. The molecule has 2 aromatic heterocycles. The van der Waals surface area contributed by atoms with E-state index in [9.17, 15) is 4.79 Å². The van der Waals surface area contributed by atoms with E-state index in [1.54, 1.807) is 7.11 Å². The number of rotatable bonds is 4. The molecule has 0 fully saturated rings. The van der Waals surface area contributed by atoms with E-state index in [0.29, 0.717) is 5.69 Å². The second-order valence-corrected chi connectivity index (χ2v) is 5.62. The van der Waals surface area contributed by atoms with Gasteiger partial charge in [-0.15, -0.1) is 0 Å². The van der Waals surface area contributed by atoms with Crippen LogP contribution in [-0.2, 0) is 0 Å². The third kappa shape index (κ3) is 2.77. The van der Waals surface area contributed by atoms with Crippen molar-refractivity contribution in [3.05, 3.63) is 51.1 Å². The number of hydrogen-bond donors (Lipinski definition) is 2. The Bertz CT molecular complexity index is 917. The third-order valence-corrected chi connectivity index (χ3v) is 4.12. The second-order valence-electron chi connectivity index (χ2n) is 5.25. The Kier molecular flexibility index (Phi) is 4.00. The molecule has 7 heteroatoms. The van der Waals surface area contributed by atoms with Crippen molar-refractivity contribution in [1.29, 1.82) is 0 Å². The van der Waals surface area contributed by atoms with Crippen LogP contribution in [0.1, 0.15) is 24.3 Å². The van der Waals surface area contributed by atoms with Crippen LogP contribution >= 0.6 is 11.6 Å². The summed E-state index contributed by atoms with van der Waals surface area (Å²) < 4.78 is 11.2. The van der Waals surface area contributed by atoms with E-state index in [1.807, 2.05) is 32.0 Å². The van der Waals surface area contributed by atoms with Gasteiger partial charge < -0.3 is 14.5 Å². The summed E-state index contributed by atoms with van der Waals surface area (Å²) in [6.07, 6.45) is 1.47. The molecule has 23 heavy (non-hydrogen) atoms. The normalized spacial score (nSPS) is 12.3. The number of ether oxygens (including phenoxy) is 1. The quantitative estimate of drug-likeness (QED) is 0.761. The largest absolute Gasteiger partial charge is 0.497 e. The number of methoxy groups -OCH3 is 1. The van der Waals surface area contributed by atoms with Gasteiger partial charge in [-0.1, -0.05) is 11.6 Å². The minimum absolute atomic E-state index is 0.0716. The Morgan fingerprint density at radius 2 is 2.22 bits per heavy atom. The Balaban J connectivity index is 1.97. The molecule has 0 saturated heterocycles. The van der Waals surface area contributed by atoms with E-state index in [1.165, 1.54) is 6.20 Å². The molecule has 3 aromatic rings. The minimum atomic E-state index is -0.435. The van der Waals surface area contributed by atoms with Gasteiger partial charge in [0.05, 0.1) is 25.0 Å². The van der Waals surface area contributed by atoms with Crippen molar-refractivity contribution < 1.29 is 9.15 Å². The molecule has 1 aromatic carbocycles. The van der Waals surface area contributed by atoms with Gasteiger partial charge >= 0.3 is 0 Å². The lowest BCUT2D eigenvalue weighted by atomic mass is 10.1. The van der Waals surface area contributed by atoms with Gasteiger partial charge in [0, 0.05) is 10.9 Å². The summed E-state index contributed by atoms with van der Waals surface area (Å²) in [6.45, 7) is 3.91. The summed E-state index contributed by atoms with van der Waals surface area (Å²) in [5.41, 5.74) is 1.81. The SMILES string of the molecule is COc1ccc2oc(C(C)Nc3cn[nH]c(=O)c3Cl)c(C)c2c1. The fourth-order valence-corrected chi connectivity index (χ4v) is 2.69. The number of furan rings is 1. The Morgan fingerprint density at radius 3 is 2.96 bits per heavy atom. The predicted molar refractivity (Wildman–Crippen MR) is 89.4 cm³/mol. The number of benzene rings is 1. The average Bonchev–Trinajstić information content (AvgIpc) is 2.88. The highest BCUT2D eigenvalue weighted by atomic mass is 35.5. The number of aromatic amines is 1. The van der Waals surface area contributed by atoms with Crippen LogP contribution in [0.3, 0.4) is 0 Å². The van der Waals surface area contributed by atoms with Crippen LogP contribution in [0.4, 0.5) is 5.69 Å². The first-order valence-corrected chi connectivity index (χ1v) is 7.45. The van der Waals surface area contributed by atoms with Crippen LogP contribution in [0.25, 0.3) is 11.0 Å². The molecule has 2 N–H and O–H groups in total. The minimum Gasteiger partial charge on any atom is -0.497 e. The summed E-state index contributed by atoms with van der Waals surface area (Å²) in [7, 11) is 1.63. The monoisotopic (exact) mass is 333 g/mol. The number of anilines is 1. The summed E-state index contributed by atoms with van der Waals surface area (Å²) in [6, 6.07) is 5.48. The molecule has 0 aliphatic heterocycles. The van der Waals surface area contributed by atoms with E-state index in [4.69, 9.17) is 20.8 Å². The number of aromatic nitrogens is 2. The van der Waals surface area contributed by atoms with Crippen LogP contribution < -0.4 is 15.6 Å². The molecule has 3 rings (SSSR count). The highest BCUT2D eigenvalue weighted by Crippen LogP contribution is 2.33. The molecule has 0 aliphatic carbocycles. The number of H-pyrrole nitrogens is 1. The van der Waals surface area contributed by atoms with Gasteiger partial charge in [-0.25, -0.2) is 5.10 Å². The zero-order valence-electron chi connectivity index (χ0n) is 12.9. The maximum absolute atomic E-state index is 11.5. The Morgan fingerprint density at radius 1 is 1.43 bits per heavy atom. The Labute approximate surface area is 137 Å². The number of halogens is 1. The first-order chi connectivity index (χ1) is 11.0. The molecule has 120 valence electrons. The molecule has 0 aliphatic rings. The van der Waals surface area contributed by atoms with Crippen molar-refractivity contribution in [3.63, 3.8) is 0 Å². The summed E-state index contributed by atoms with van der Waals surface area (Å²) in [4.78, 5) is 11.5. The zero-order valence-corrected chi connectivity index (χ0v) is 13.7. The van der Waals surface area contributed by atoms with Crippen molar-refractivity contribution in [1.82, 2.24) is 10.2 Å². The van der Waals surface area contributed by atoms with Crippen molar-refractivity contribution in [2.45, 2.75) is 19.9 Å². The fraction of sp³-hybridized carbons (Fsp3) is 0.250. The van der Waals surface area contributed by atoms with Gasteiger partial charge in [-0.2, -0.15) is 5.10 Å². The van der Waals surface area contributed by atoms with Crippen molar-refractivity contribution in [2.75, 3.05) is 12.4 Å². The van der Waals surface area contributed by atoms with Gasteiger partial charge in [0.2, 0.25) is 0 Å². The predicted octanol–water partition coefficient (Wildman–Crippen LogP) is 3.66. The third-order valence-electron chi connectivity index (χ3n) is 3.74. The fourth-order valence-electron chi connectivity index (χ4n) is 2.54. The lowest BCUT2D eigenvalue weighted by molar-refractivity contribution is 0.415. The van der Waals surface area contributed by atoms with Crippen LogP contribution in [0.2, 0.25) is 5.02 Å². The molecule has 2 heterocycles. The molecule has 6 nitrogen and oxygen atoms in total. The molecule has 1 unspecified atom stereocenters. The first-order valence-electron chi connectivity index (χ1n) is 7.08. The highest BCUT2D eigenvalue weighted by molar-refractivity contribution is 6.32. The average molecular weight is 334 g/mol. The molecule has 0 saturated carbocycles. The number of aryl methyl sites for hydroxylation is 1. The molecule has 0 amide bonds. The lowest BCUT2D eigenvalue weighted by Gasteiger charge is -2.14. The van der Waals surface area contributed by atoms with Crippen LogP contribution in [0, 0.1) is 6.92 Å². The molecule has 0 spiro atoms. The molecular formula is C16H16ClN3O3. The standard InChI is InChI=1S/C16H16ClN3O3/c1-8-11-6-10(22-3)4-5-13(11)23-15(8)9(2)19-12-7-18-20-16(21)14(12)17/h4-7,9H,1-3H3,(H2,19,20,21). The Hall–Kier alpha value is -2.47. The van der Waals surface area contributed by atoms with Crippen LogP contribution in [0.15, 0.2) is 33.6 Å². The second kappa shape index (κ2) is 5.96. The number of fused-ring (bicyclic) bond motifs is 1. The first kappa shape index (κ1) is 15.4. The van der Waals surface area contributed by atoms with E-state index >= 15 is 0 Å². The van der Waals surface area contributed by atoms with Gasteiger partial charge in [0.1, 0.15) is 22.1 Å². The summed E-state index contributed by atoms with van der Waals surface area (Å²) >= 11 is 5.99. The number of nitrogens with zero attached hydrogens (tertiary/aromatic N) is 1. The van der Waals surface area contributed by atoms with Crippen LogP contribution in [0.5, 0.6) is 5.75 Å². The van der Waals surface area contributed by atoms with E-state index in [0.717, 1.165) is 28.0 Å². The maximum Gasteiger partial charge on any atom is 0.285 e. The van der Waals surface area contributed by atoms with Gasteiger partial charge in [0.25, 0.3) is 5.56 Å². The van der Waals surface area contributed by atoms with E-state index in [-0.39, 0.29) is 11.1 Å². The van der Waals surface area contributed by atoms with E-state index in [2.05, 4.69) is 15.5 Å². The number of hydrogen-bond acceptors (Lipinski definition) is 5. The van der Waals surface area contributed by atoms with Gasteiger partial charge in [0.15, 0.2) is 0 Å². The van der Waals surface area contributed by atoms with Crippen molar-refractivity contribution in [2.24, 2.45) is 0 Å². The smallest absolute Gasteiger partial charge is 0.285 e. The number of nitrogens with one attached hydrogen (secondary N) is 2. The molecule has 1 atom stereocenters. The van der Waals surface area contributed by atoms with Crippen molar-refractivity contribution in [3.8, 4) is 5.75 Å². The molecule has 0 radical (unpaired) electrons. The maximum atomic E-state index is 11.5. The van der Waals surface area contributed by atoms with E-state index < -0.39 is 5.56 Å². The van der Waals surface area contributed by atoms with Crippen LogP contribution in [-0.4, -0.2) is 17.3 Å².